The van der Waals surface area contributed by atoms with Crippen LogP contribution in [0.1, 0.15) is 6.92 Å². The second-order valence-electron chi connectivity index (χ2n) is 5.97. The zero-order valence-electron chi connectivity index (χ0n) is 14.7. The molecule has 1 amide bonds. The van der Waals surface area contributed by atoms with Crippen LogP contribution in [0.4, 0.5) is 17.1 Å². The van der Waals surface area contributed by atoms with Gasteiger partial charge in [0.05, 0.1) is 16.4 Å². The number of rotatable bonds is 4. The normalized spacial score (nSPS) is 16.0. The van der Waals surface area contributed by atoms with Crippen LogP contribution < -0.4 is 18.7 Å². The lowest BCUT2D eigenvalue weighted by Gasteiger charge is -2.16. The number of anilines is 3. The molecule has 0 fully saturated rings. The smallest absolute Gasteiger partial charge is 0.326 e. The van der Waals surface area contributed by atoms with E-state index in [0.29, 0.717) is 32.9 Å². The number of hydrogen-bond acceptors (Lipinski definition) is 4. The fourth-order valence-corrected chi connectivity index (χ4v) is 4.23. The van der Waals surface area contributed by atoms with Gasteiger partial charge in [0.1, 0.15) is 5.75 Å². The Hall–Kier alpha value is -2.16. The third-order valence-electron chi connectivity index (χ3n) is 4.18. The number of amides is 1. The Labute approximate surface area is 167 Å². The van der Waals surface area contributed by atoms with Crippen LogP contribution >= 0.6 is 23.2 Å². The summed E-state index contributed by atoms with van der Waals surface area (Å²) >= 11 is 11.9. The zero-order chi connectivity index (χ0) is 19.9. The van der Waals surface area contributed by atoms with Crippen LogP contribution in [0.25, 0.3) is 0 Å². The molecule has 0 spiro atoms. The van der Waals surface area contributed by atoms with Crippen LogP contribution in [-0.2, 0) is 15.0 Å². The first-order valence-corrected chi connectivity index (χ1v) is 10.1. The molecule has 2 aromatic carbocycles. The summed E-state index contributed by atoms with van der Waals surface area (Å²) in [5.41, 5.74) is 1.46. The Morgan fingerprint density at radius 2 is 1.74 bits per heavy atom. The van der Waals surface area contributed by atoms with Gasteiger partial charge in [-0.1, -0.05) is 23.2 Å². The highest BCUT2D eigenvalue weighted by atomic mass is 35.5. The van der Waals surface area contributed by atoms with Crippen LogP contribution in [-0.4, -0.2) is 34.5 Å². The number of hydrogen-bond donors (Lipinski definition) is 1. The number of carbonyl (C=O) groups is 1. The summed E-state index contributed by atoms with van der Waals surface area (Å²) in [7, 11) is -0.640. The number of nitrogens with one attached hydrogen (secondary N) is 1. The Balaban J connectivity index is 1.74. The summed E-state index contributed by atoms with van der Waals surface area (Å²) < 4.78 is 32.3. The molecule has 0 saturated carbocycles. The summed E-state index contributed by atoms with van der Waals surface area (Å²) in [5, 5.41) is 3.48. The van der Waals surface area contributed by atoms with Gasteiger partial charge in [0.25, 0.3) is 5.91 Å². The average molecular weight is 430 g/mol. The molecule has 144 valence electrons. The molecule has 0 aromatic heterocycles. The van der Waals surface area contributed by atoms with Crippen molar-refractivity contribution < 1.29 is 17.9 Å². The number of benzene rings is 2. The molecular weight excluding hydrogens is 413 g/mol. The van der Waals surface area contributed by atoms with Crippen molar-refractivity contribution in [2.45, 2.75) is 13.0 Å². The molecule has 27 heavy (non-hydrogen) atoms. The highest BCUT2D eigenvalue weighted by Gasteiger charge is 2.35. The van der Waals surface area contributed by atoms with Crippen LogP contribution in [0.5, 0.6) is 5.75 Å². The van der Waals surface area contributed by atoms with E-state index in [2.05, 4.69) is 5.32 Å². The van der Waals surface area contributed by atoms with Gasteiger partial charge in [-0.2, -0.15) is 8.42 Å². The lowest BCUT2D eigenvalue weighted by atomic mass is 10.2. The maximum atomic E-state index is 12.4. The minimum atomic E-state index is -3.57. The van der Waals surface area contributed by atoms with Crippen LogP contribution in [0.15, 0.2) is 36.4 Å². The highest BCUT2D eigenvalue weighted by Crippen LogP contribution is 2.40. The van der Waals surface area contributed by atoms with Gasteiger partial charge in [-0.3, -0.25) is 13.4 Å². The quantitative estimate of drug-likeness (QED) is 0.805. The van der Waals surface area contributed by atoms with Crippen LogP contribution in [0.3, 0.4) is 0 Å². The van der Waals surface area contributed by atoms with Crippen molar-refractivity contribution in [1.82, 2.24) is 0 Å². The van der Waals surface area contributed by atoms with Gasteiger partial charge in [0.2, 0.25) is 0 Å². The summed E-state index contributed by atoms with van der Waals surface area (Å²) in [6.45, 7) is 1.58. The Kier molecular flexibility index (Phi) is 5.16. The van der Waals surface area contributed by atoms with E-state index in [0.717, 1.165) is 4.31 Å². The monoisotopic (exact) mass is 429 g/mol. The van der Waals surface area contributed by atoms with Gasteiger partial charge in [-0.15, -0.1) is 0 Å². The second kappa shape index (κ2) is 7.10. The van der Waals surface area contributed by atoms with E-state index in [1.54, 1.807) is 37.3 Å². The number of fused-ring (bicyclic) bond motifs is 1. The molecule has 1 heterocycles. The zero-order valence-corrected chi connectivity index (χ0v) is 17.1. The lowest BCUT2D eigenvalue weighted by molar-refractivity contribution is -0.122. The molecule has 1 unspecified atom stereocenters. The number of carbonyl (C=O) groups excluding carboxylic acids is 1. The Morgan fingerprint density at radius 3 is 2.41 bits per heavy atom. The van der Waals surface area contributed by atoms with Gasteiger partial charge in [-0.05, 0) is 43.3 Å². The van der Waals surface area contributed by atoms with E-state index < -0.39 is 22.2 Å². The average Bonchev–Trinajstić information content (AvgIpc) is 2.78. The molecular formula is C17H17Cl2N3O4S. The van der Waals surface area contributed by atoms with E-state index in [1.165, 1.54) is 24.5 Å². The van der Waals surface area contributed by atoms with Crippen LogP contribution in [0.2, 0.25) is 10.0 Å². The van der Waals surface area contributed by atoms with E-state index >= 15 is 0 Å². The Bertz CT molecular complexity index is 1010. The van der Waals surface area contributed by atoms with Crippen LogP contribution in [0, 0.1) is 0 Å². The van der Waals surface area contributed by atoms with Gasteiger partial charge < -0.3 is 10.1 Å². The van der Waals surface area contributed by atoms with Gasteiger partial charge in [-0.25, -0.2) is 0 Å². The predicted octanol–water partition coefficient (Wildman–Crippen LogP) is 3.53. The van der Waals surface area contributed by atoms with E-state index in [1.807, 2.05) is 0 Å². The summed E-state index contributed by atoms with van der Waals surface area (Å²) in [6.07, 6.45) is -0.832. The van der Waals surface area contributed by atoms with Gasteiger partial charge in [0.15, 0.2) is 6.10 Å². The molecule has 1 N–H and O–H groups in total. The predicted molar refractivity (Wildman–Crippen MR) is 107 cm³/mol. The number of ether oxygens (including phenoxy) is 1. The SMILES string of the molecule is CC(Oc1ccc(Cl)cc1Cl)C(=O)Nc1ccc2c(c1)N(C)S(=O)(=O)N2C. The summed E-state index contributed by atoms with van der Waals surface area (Å²) in [4.78, 5) is 12.4. The lowest BCUT2D eigenvalue weighted by Crippen LogP contribution is -2.32. The van der Waals surface area contributed by atoms with Crippen molar-refractivity contribution in [3.63, 3.8) is 0 Å². The molecule has 10 heteroatoms. The first-order chi connectivity index (χ1) is 12.6. The van der Waals surface area contributed by atoms with Crippen molar-refractivity contribution >= 4 is 56.4 Å². The first kappa shape index (κ1) is 19.6. The molecule has 0 aliphatic carbocycles. The fourth-order valence-electron chi connectivity index (χ4n) is 2.61. The number of halogens is 2. The summed E-state index contributed by atoms with van der Waals surface area (Å²) in [5.74, 6) is -0.0667. The molecule has 1 aliphatic rings. The van der Waals surface area contributed by atoms with E-state index in [-0.39, 0.29) is 0 Å². The largest absolute Gasteiger partial charge is 0.479 e. The molecule has 0 saturated heterocycles. The van der Waals surface area contributed by atoms with Crippen molar-refractivity contribution in [2.75, 3.05) is 28.0 Å². The molecule has 3 rings (SSSR count). The Morgan fingerprint density at radius 1 is 1.07 bits per heavy atom. The maximum absolute atomic E-state index is 12.4. The highest BCUT2D eigenvalue weighted by molar-refractivity contribution is 7.94. The van der Waals surface area contributed by atoms with Gasteiger partial charge in [0, 0.05) is 24.8 Å². The standard InChI is InChI=1S/C17H17Cl2N3O4S/c1-10(26-16-7-4-11(18)8-13(16)19)17(23)20-12-5-6-14-15(9-12)22(3)27(24,25)21(14)2/h4-10H,1-3H3,(H,20,23). The van der Waals surface area contributed by atoms with Gasteiger partial charge >= 0.3 is 10.2 Å². The molecule has 0 radical (unpaired) electrons. The topological polar surface area (TPSA) is 79.0 Å². The van der Waals surface area contributed by atoms with Crippen molar-refractivity contribution in [2.24, 2.45) is 0 Å². The van der Waals surface area contributed by atoms with E-state index in [9.17, 15) is 13.2 Å². The van der Waals surface area contributed by atoms with E-state index in [4.69, 9.17) is 27.9 Å². The molecule has 0 bridgehead atoms. The third-order valence-corrected chi connectivity index (χ3v) is 6.49. The maximum Gasteiger partial charge on any atom is 0.326 e. The molecule has 1 atom stereocenters. The molecule has 7 nitrogen and oxygen atoms in total. The minimum Gasteiger partial charge on any atom is -0.479 e. The van der Waals surface area contributed by atoms with Crippen molar-refractivity contribution in [3.05, 3.63) is 46.4 Å². The van der Waals surface area contributed by atoms with Crippen molar-refractivity contribution in [3.8, 4) is 5.75 Å². The van der Waals surface area contributed by atoms with Crippen molar-refractivity contribution in [1.29, 1.82) is 0 Å². The minimum absolute atomic E-state index is 0.301. The summed E-state index contributed by atoms with van der Waals surface area (Å²) in [6, 6.07) is 9.57. The third kappa shape index (κ3) is 3.65. The second-order valence-corrected chi connectivity index (χ2v) is 8.81. The molecule has 1 aliphatic heterocycles. The number of nitrogens with zero attached hydrogens (tertiary/aromatic N) is 2. The first-order valence-electron chi connectivity index (χ1n) is 7.90. The fraction of sp³-hybridized carbons (Fsp3) is 0.235. The molecule has 2 aromatic rings.